The fraction of sp³-hybridized carbons (Fsp3) is 0.633. The molecular formula is C30H38N2O. The molecule has 4 fully saturated rings. The van der Waals surface area contributed by atoms with Crippen molar-refractivity contribution in [2.45, 2.75) is 87.9 Å². The molecular weight excluding hydrogens is 404 g/mol. The number of aromatic nitrogens is 1. The Hall–Kier alpha value is -1.71. The van der Waals surface area contributed by atoms with Gasteiger partial charge in [-0.25, -0.2) is 0 Å². The summed E-state index contributed by atoms with van der Waals surface area (Å²) in [6.45, 7) is 2.59. The molecule has 3 aliphatic carbocycles. The summed E-state index contributed by atoms with van der Waals surface area (Å²) in [4.78, 5) is 6.84. The van der Waals surface area contributed by atoms with E-state index in [2.05, 4.69) is 61.2 Å². The molecule has 2 spiro atoms. The SMILES string of the molecule is CN(C)C1CCC2CC3=CC[C@]4(C)[C@@H](c5ccc6ccncc6c5)CC[C@H]4[C@@]34CC[C@]2(C1)O4. The molecule has 0 radical (unpaired) electrons. The minimum Gasteiger partial charge on any atom is -0.364 e. The van der Waals surface area contributed by atoms with Crippen LogP contribution in [-0.4, -0.2) is 41.2 Å². The Balaban J connectivity index is 1.25. The van der Waals surface area contributed by atoms with Gasteiger partial charge < -0.3 is 9.64 Å². The van der Waals surface area contributed by atoms with Crippen LogP contribution in [0.25, 0.3) is 10.8 Å². The Morgan fingerprint density at radius 1 is 1.03 bits per heavy atom. The van der Waals surface area contributed by atoms with Crippen molar-refractivity contribution in [3.63, 3.8) is 0 Å². The van der Waals surface area contributed by atoms with Crippen LogP contribution in [0.2, 0.25) is 0 Å². The summed E-state index contributed by atoms with van der Waals surface area (Å²) in [5, 5.41) is 2.57. The molecule has 2 aromatic rings. The second-order valence-electron chi connectivity index (χ2n) is 12.5. The zero-order valence-electron chi connectivity index (χ0n) is 20.5. The molecule has 7 rings (SSSR count). The molecule has 33 heavy (non-hydrogen) atoms. The fourth-order valence-electron chi connectivity index (χ4n) is 9.23. The zero-order chi connectivity index (χ0) is 22.4. The summed E-state index contributed by atoms with van der Waals surface area (Å²) < 4.78 is 7.49. The number of nitrogens with zero attached hydrogens (tertiary/aromatic N) is 2. The first-order valence-corrected chi connectivity index (χ1v) is 13.3. The Labute approximate surface area is 198 Å². The van der Waals surface area contributed by atoms with Crippen molar-refractivity contribution < 1.29 is 4.74 Å². The maximum Gasteiger partial charge on any atom is 0.0933 e. The van der Waals surface area contributed by atoms with Crippen LogP contribution >= 0.6 is 0 Å². The molecule has 174 valence electrons. The molecule has 3 nitrogen and oxygen atoms in total. The summed E-state index contributed by atoms with van der Waals surface area (Å²) in [6.07, 6.45) is 18.1. The minimum absolute atomic E-state index is 0.0187. The normalized spacial score (nSPS) is 43.8. The van der Waals surface area contributed by atoms with E-state index in [1.165, 1.54) is 74.1 Å². The van der Waals surface area contributed by atoms with Crippen LogP contribution in [0.15, 0.2) is 48.3 Å². The topological polar surface area (TPSA) is 25.4 Å². The number of ether oxygens (including phenoxy) is 1. The van der Waals surface area contributed by atoms with Crippen LogP contribution in [-0.2, 0) is 4.74 Å². The third kappa shape index (κ3) is 2.73. The summed E-state index contributed by atoms with van der Waals surface area (Å²) in [5.41, 5.74) is 3.64. The van der Waals surface area contributed by atoms with E-state index in [9.17, 15) is 0 Å². The van der Waals surface area contributed by atoms with Crippen LogP contribution in [0.3, 0.4) is 0 Å². The number of pyridine rings is 1. The highest BCUT2D eigenvalue weighted by atomic mass is 16.5. The van der Waals surface area contributed by atoms with Gasteiger partial charge in [-0.15, -0.1) is 0 Å². The lowest BCUT2D eigenvalue weighted by Crippen LogP contribution is -2.58. The largest absolute Gasteiger partial charge is 0.364 e. The summed E-state index contributed by atoms with van der Waals surface area (Å²) in [5.74, 6) is 2.00. The first-order chi connectivity index (χ1) is 15.9. The van der Waals surface area contributed by atoms with Gasteiger partial charge in [-0.05, 0) is 124 Å². The molecule has 1 aromatic carbocycles. The number of hydrogen-bond acceptors (Lipinski definition) is 3. The lowest BCUT2D eigenvalue weighted by Gasteiger charge is -2.57. The van der Waals surface area contributed by atoms with Crippen molar-refractivity contribution >= 4 is 10.8 Å². The van der Waals surface area contributed by atoms with Gasteiger partial charge in [0.2, 0.25) is 0 Å². The molecule has 5 aliphatic rings. The predicted octanol–water partition coefficient (Wildman–Crippen LogP) is 6.49. The maximum atomic E-state index is 7.49. The molecule has 2 saturated carbocycles. The Morgan fingerprint density at radius 2 is 1.94 bits per heavy atom. The van der Waals surface area contributed by atoms with Gasteiger partial charge in [0.25, 0.3) is 0 Å². The Bertz CT molecular complexity index is 1140. The van der Waals surface area contributed by atoms with E-state index < -0.39 is 0 Å². The maximum absolute atomic E-state index is 7.49. The van der Waals surface area contributed by atoms with E-state index in [0.717, 1.165) is 5.92 Å². The van der Waals surface area contributed by atoms with Crippen molar-refractivity contribution in [3.05, 3.63) is 53.9 Å². The average Bonchev–Trinajstić information content (AvgIpc) is 3.33. The van der Waals surface area contributed by atoms with Crippen molar-refractivity contribution in [1.29, 1.82) is 0 Å². The minimum atomic E-state index is 0.0187. The molecule has 3 heteroatoms. The van der Waals surface area contributed by atoms with Crippen molar-refractivity contribution in [1.82, 2.24) is 9.88 Å². The van der Waals surface area contributed by atoms with E-state index in [-0.39, 0.29) is 16.6 Å². The molecule has 0 amide bonds. The third-order valence-electron chi connectivity index (χ3n) is 11.0. The van der Waals surface area contributed by atoms with E-state index in [4.69, 9.17) is 4.74 Å². The predicted molar refractivity (Wildman–Crippen MR) is 133 cm³/mol. The smallest absolute Gasteiger partial charge is 0.0933 e. The van der Waals surface area contributed by atoms with Crippen LogP contribution in [0.4, 0.5) is 0 Å². The highest BCUT2D eigenvalue weighted by Crippen LogP contribution is 2.70. The summed E-state index contributed by atoms with van der Waals surface area (Å²) in [6, 6.07) is 9.94. The lowest BCUT2D eigenvalue weighted by molar-refractivity contribution is -0.198. The Kier molecular flexibility index (Phi) is 4.33. The van der Waals surface area contributed by atoms with Crippen LogP contribution in [0, 0.1) is 17.3 Å². The quantitative estimate of drug-likeness (QED) is 0.497. The lowest BCUT2D eigenvalue weighted by atomic mass is 9.57. The van der Waals surface area contributed by atoms with Crippen LogP contribution in [0.5, 0.6) is 0 Å². The average molecular weight is 443 g/mol. The second-order valence-corrected chi connectivity index (χ2v) is 12.5. The summed E-state index contributed by atoms with van der Waals surface area (Å²) >= 11 is 0. The van der Waals surface area contributed by atoms with Gasteiger partial charge in [-0.1, -0.05) is 25.1 Å². The van der Waals surface area contributed by atoms with Crippen molar-refractivity contribution in [2.75, 3.05) is 14.1 Å². The van der Waals surface area contributed by atoms with Gasteiger partial charge in [-0.2, -0.15) is 0 Å². The highest BCUT2D eigenvalue weighted by molar-refractivity contribution is 5.82. The monoisotopic (exact) mass is 442 g/mol. The first kappa shape index (κ1) is 20.6. The van der Waals surface area contributed by atoms with Crippen LogP contribution < -0.4 is 0 Å². The van der Waals surface area contributed by atoms with E-state index >= 15 is 0 Å². The molecule has 7 atom stereocenters. The first-order valence-electron chi connectivity index (χ1n) is 13.3. The molecule has 2 bridgehead atoms. The fourth-order valence-corrected chi connectivity index (χ4v) is 9.23. The van der Waals surface area contributed by atoms with Gasteiger partial charge >= 0.3 is 0 Å². The number of rotatable bonds is 2. The molecule has 0 N–H and O–H groups in total. The molecule has 2 unspecified atom stereocenters. The molecule has 3 heterocycles. The van der Waals surface area contributed by atoms with Gasteiger partial charge in [0.15, 0.2) is 0 Å². The van der Waals surface area contributed by atoms with Crippen molar-refractivity contribution in [3.8, 4) is 0 Å². The number of fused-ring (bicyclic) bond motifs is 2. The van der Waals surface area contributed by atoms with Gasteiger partial charge in [0.1, 0.15) is 0 Å². The third-order valence-corrected chi connectivity index (χ3v) is 11.0. The summed E-state index contributed by atoms with van der Waals surface area (Å²) in [7, 11) is 4.53. The Morgan fingerprint density at radius 3 is 2.82 bits per heavy atom. The van der Waals surface area contributed by atoms with E-state index in [1.54, 1.807) is 5.57 Å². The molecule has 2 saturated heterocycles. The van der Waals surface area contributed by atoms with Crippen LogP contribution in [0.1, 0.15) is 76.2 Å². The van der Waals surface area contributed by atoms with Gasteiger partial charge in [-0.3, -0.25) is 4.98 Å². The van der Waals surface area contributed by atoms with Crippen molar-refractivity contribution in [2.24, 2.45) is 17.3 Å². The standard InChI is InChI=1S/C30H38N2O/c1-28-12-10-24-17-23-6-7-25(32(2)3)18-29(23)13-14-30(24,33-29)27(28)9-8-26(28)21-5-4-20-11-15-31-19-22(20)16-21/h4-5,10-11,15-16,19,23,25-27H,6-9,12-14,17-18H2,1-3H3/t23?,25?,26-,27-,28-,29-,30-/m1/s1. The highest BCUT2D eigenvalue weighted by Gasteiger charge is 2.68. The number of hydrogen-bond donors (Lipinski definition) is 0. The van der Waals surface area contributed by atoms with Gasteiger partial charge in [0, 0.05) is 23.8 Å². The van der Waals surface area contributed by atoms with Gasteiger partial charge in [0.05, 0.1) is 11.2 Å². The number of benzene rings is 1. The van der Waals surface area contributed by atoms with E-state index in [1.807, 2.05) is 12.4 Å². The zero-order valence-corrected chi connectivity index (χ0v) is 20.5. The number of allylic oxidation sites excluding steroid dienone is 1. The second kappa shape index (κ2) is 6.92. The molecule has 2 aliphatic heterocycles. The van der Waals surface area contributed by atoms with E-state index in [0.29, 0.717) is 17.9 Å². The molecule has 1 aromatic heterocycles.